The van der Waals surface area contributed by atoms with Crippen LogP contribution in [0.1, 0.15) is 10.4 Å². The monoisotopic (exact) mass is 480 g/mol. The van der Waals surface area contributed by atoms with Gasteiger partial charge in [-0.1, -0.05) is 24.3 Å². The highest BCUT2D eigenvalue weighted by molar-refractivity contribution is 7.92. The second kappa shape index (κ2) is 9.18. The van der Waals surface area contributed by atoms with E-state index in [9.17, 15) is 23.3 Å². The van der Waals surface area contributed by atoms with E-state index < -0.39 is 20.9 Å². The lowest BCUT2D eigenvalue weighted by Crippen LogP contribution is -2.15. The van der Waals surface area contributed by atoms with Crippen molar-refractivity contribution in [1.29, 1.82) is 0 Å². The minimum Gasteiger partial charge on any atom is -0.298 e. The average molecular weight is 481 g/mol. The second-order valence-electron chi connectivity index (χ2n) is 6.80. The Kier molecular flexibility index (Phi) is 6.16. The molecule has 0 unspecified atom stereocenters. The van der Waals surface area contributed by atoms with E-state index in [4.69, 9.17) is 0 Å². The zero-order valence-corrected chi connectivity index (χ0v) is 18.5. The van der Waals surface area contributed by atoms with Crippen molar-refractivity contribution in [1.82, 2.24) is 4.98 Å². The maximum atomic E-state index is 12.7. The van der Waals surface area contributed by atoms with Crippen LogP contribution in [0, 0.1) is 10.1 Å². The van der Waals surface area contributed by atoms with E-state index in [1.54, 1.807) is 53.9 Å². The summed E-state index contributed by atoms with van der Waals surface area (Å²) in [6.07, 6.45) is 0. The first kappa shape index (κ1) is 22.1. The number of sulfonamides is 1. The van der Waals surface area contributed by atoms with E-state index in [-0.39, 0.29) is 21.8 Å². The minimum absolute atomic E-state index is 0.0229. The maximum Gasteiger partial charge on any atom is 0.269 e. The van der Waals surface area contributed by atoms with Gasteiger partial charge < -0.3 is 0 Å². The van der Waals surface area contributed by atoms with Gasteiger partial charge in [-0.05, 0) is 42.5 Å². The summed E-state index contributed by atoms with van der Waals surface area (Å²) < 4.78 is 27.5. The number of thiazole rings is 1. The summed E-state index contributed by atoms with van der Waals surface area (Å²) in [4.78, 5) is 27.4. The van der Waals surface area contributed by atoms with Gasteiger partial charge in [0.15, 0.2) is 5.13 Å². The maximum absolute atomic E-state index is 12.7. The van der Waals surface area contributed by atoms with Gasteiger partial charge in [0.1, 0.15) is 0 Å². The third-order valence-electron chi connectivity index (χ3n) is 4.53. The molecular formula is C22H16N4O5S2. The molecule has 0 saturated heterocycles. The van der Waals surface area contributed by atoms with Crippen LogP contribution in [0.25, 0.3) is 11.3 Å². The van der Waals surface area contributed by atoms with Crippen LogP contribution in [0.4, 0.5) is 16.5 Å². The van der Waals surface area contributed by atoms with Gasteiger partial charge in [-0.25, -0.2) is 13.4 Å². The van der Waals surface area contributed by atoms with Crippen LogP contribution in [0.15, 0.2) is 89.1 Å². The summed E-state index contributed by atoms with van der Waals surface area (Å²) >= 11 is 1.20. The lowest BCUT2D eigenvalue weighted by Gasteiger charge is -2.09. The first-order valence-electron chi connectivity index (χ1n) is 9.51. The van der Waals surface area contributed by atoms with E-state index in [1.807, 2.05) is 0 Å². The molecule has 0 aliphatic rings. The number of carbonyl (C=O) groups excluding carboxylic acids is 1. The molecule has 4 aromatic rings. The topological polar surface area (TPSA) is 131 Å². The predicted octanol–water partition coefficient (Wildman–Crippen LogP) is 4.77. The fourth-order valence-corrected chi connectivity index (χ4v) is 4.71. The Balaban J connectivity index is 1.47. The Morgan fingerprint density at radius 1 is 0.970 bits per heavy atom. The van der Waals surface area contributed by atoms with Crippen molar-refractivity contribution in [2.75, 3.05) is 10.0 Å². The highest BCUT2D eigenvalue weighted by atomic mass is 32.2. The first-order chi connectivity index (χ1) is 15.8. The highest BCUT2D eigenvalue weighted by Crippen LogP contribution is 2.27. The molecule has 1 aromatic heterocycles. The number of rotatable bonds is 7. The van der Waals surface area contributed by atoms with Crippen LogP contribution in [0.5, 0.6) is 0 Å². The summed E-state index contributed by atoms with van der Waals surface area (Å²) in [5, 5.41) is 15.5. The Morgan fingerprint density at radius 2 is 1.70 bits per heavy atom. The largest absolute Gasteiger partial charge is 0.298 e. The fraction of sp³-hybridized carbons (Fsp3) is 0. The quantitative estimate of drug-likeness (QED) is 0.289. The molecule has 1 amide bonds. The zero-order valence-electron chi connectivity index (χ0n) is 16.8. The van der Waals surface area contributed by atoms with Gasteiger partial charge in [0, 0.05) is 34.3 Å². The van der Waals surface area contributed by atoms with E-state index in [1.165, 1.54) is 41.7 Å². The van der Waals surface area contributed by atoms with Crippen molar-refractivity contribution in [3.8, 4) is 11.3 Å². The number of nitro groups is 1. The number of hydrogen-bond acceptors (Lipinski definition) is 7. The average Bonchev–Trinajstić information content (AvgIpc) is 3.28. The number of hydrogen-bond donors (Lipinski definition) is 2. The number of nitrogens with one attached hydrogen (secondary N) is 2. The van der Waals surface area contributed by atoms with Crippen LogP contribution in [-0.2, 0) is 10.0 Å². The third kappa shape index (κ3) is 5.22. The van der Waals surface area contributed by atoms with E-state index in [0.29, 0.717) is 16.4 Å². The zero-order chi connectivity index (χ0) is 23.4. The molecule has 1 heterocycles. The van der Waals surface area contributed by atoms with E-state index in [2.05, 4.69) is 15.0 Å². The molecule has 9 nitrogen and oxygen atoms in total. The molecule has 11 heteroatoms. The number of nitrogens with zero attached hydrogens (tertiary/aromatic N) is 2. The van der Waals surface area contributed by atoms with Crippen LogP contribution in [-0.4, -0.2) is 24.2 Å². The smallest absolute Gasteiger partial charge is 0.269 e. The Hall–Kier alpha value is -4.09. The summed E-state index contributed by atoms with van der Waals surface area (Å²) in [5.74, 6) is -0.458. The Bertz CT molecular complexity index is 1420. The van der Waals surface area contributed by atoms with Gasteiger partial charge in [-0.3, -0.25) is 24.9 Å². The van der Waals surface area contributed by atoms with Crippen molar-refractivity contribution in [2.24, 2.45) is 0 Å². The SMILES string of the molecule is O=C(Nc1nc(-c2ccc([N+](=O)[O-])cc2)cs1)c1cccc(NS(=O)(=O)c2ccccc2)c1. The van der Waals surface area contributed by atoms with Gasteiger partial charge in [-0.2, -0.15) is 0 Å². The molecule has 4 rings (SSSR count). The molecule has 0 bridgehead atoms. The van der Waals surface area contributed by atoms with Crippen LogP contribution >= 0.6 is 11.3 Å². The molecule has 166 valence electrons. The van der Waals surface area contributed by atoms with Crippen molar-refractivity contribution >= 4 is 43.8 Å². The Labute approximate surface area is 193 Å². The minimum atomic E-state index is -3.78. The van der Waals surface area contributed by atoms with E-state index in [0.717, 1.165) is 0 Å². The number of carbonyl (C=O) groups is 1. The molecule has 0 fully saturated rings. The van der Waals surface area contributed by atoms with Gasteiger partial charge in [0.05, 0.1) is 15.5 Å². The normalized spacial score (nSPS) is 11.0. The molecule has 0 aliphatic heterocycles. The third-order valence-corrected chi connectivity index (χ3v) is 6.68. The molecule has 0 saturated carbocycles. The van der Waals surface area contributed by atoms with Crippen molar-refractivity contribution in [3.05, 3.63) is 99.9 Å². The van der Waals surface area contributed by atoms with Crippen LogP contribution < -0.4 is 10.0 Å². The standard InChI is InChI=1S/C22H16N4O5S2/c27-21(24-22-23-20(14-32-22)15-9-11-18(12-10-15)26(28)29)16-5-4-6-17(13-16)25-33(30,31)19-7-2-1-3-8-19/h1-14,25H,(H,23,24,27). The van der Waals surface area contributed by atoms with Gasteiger partial charge >= 0.3 is 0 Å². The highest BCUT2D eigenvalue weighted by Gasteiger charge is 2.16. The number of benzene rings is 3. The van der Waals surface area contributed by atoms with Crippen LogP contribution in [0.3, 0.4) is 0 Å². The van der Waals surface area contributed by atoms with E-state index >= 15 is 0 Å². The summed E-state index contributed by atoms with van der Waals surface area (Å²) in [7, 11) is -3.78. The van der Waals surface area contributed by atoms with Crippen molar-refractivity contribution in [2.45, 2.75) is 4.90 Å². The fourth-order valence-electron chi connectivity index (χ4n) is 2.92. The molecular weight excluding hydrogens is 464 g/mol. The number of anilines is 2. The van der Waals surface area contributed by atoms with Gasteiger partial charge in [0.2, 0.25) is 0 Å². The number of nitro benzene ring substituents is 1. The number of non-ortho nitro benzene ring substituents is 1. The van der Waals surface area contributed by atoms with Gasteiger partial charge in [-0.15, -0.1) is 11.3 Å². The summed E-state index contributed by atoms with van der Waals surface area (Å²) in [6.45, 7) is 0. The number of amides is 1. The summed E-state index contributed by atoms with van der Waals surface area (Å²) in [5.41, 5.74) is 1.71. The second-order valence-corrected chi connectivity index (χ2v) is 9.34. The molecule has 0 radical (unpaired) electrons. The predicted molar refractivity (Wildman–Crippen MR) is 126 cm³/mol. The van der Waals surface area contributed by atoms with Gasteiger partial charge in [0.25, 0.3) is 21.6 Å². The molecule has 0 spiro atoms. The van der Waals surface area contributed by atoms with Crippen molar-refractivity contribution < 1.29 is 18.1 Å². The molecule has 0 atom stereocenters. The molecule has 2 N–H and O–H groups in total. The van der Waals surface area contributed by atoms with Crippen LogP contribution in [0.2, 0.25) is 0 Å². The summed E-state index contributed by atoms with van der Waals surface area (Å²) in [6, 6.07) is 20.0. The molecule has 33 heavy (non-hydrogen) atoms. The molecule has 3 aromatic carbocycles. The molecule has 0 aliphatic carbocycles. The first-order valence-corrected chi connectivity index (χ1v) is 11.9. The lowest BCUT2D eigenvalue weighted by atomic mass is 10.1. The number of aromatic nitrogens is 1. The van der Waals surface area contributed by atoms with Crippen molar-refractivity contribution in [3.63, 3.8) is 0 Å². The lowest BCUT2D eigenvalue weighted by molar-refractivity contribution is -0.384. The Morgan fingerprint density at radius 3 is 2.39 bits per heavy atom.